The molecule has 3 nitrogen and oxygen atoms in total. The molecule has 0 amide bonds. The van der Waals surface area contributed by atoms with Crippen LogP contribution < -0.4 is 9.47 Å². The quantitative estimate of drug-likeness (QED) is 0.806. The van der Waals surface area contributed by atoms with Gasteiger partial charge in [-0.1, -0.05) is 26.3 Å². The third-order valence-corrected chi connectivity index (χ3v) is 2.89. The van der Waals surface area contributed by atoms with Gasteiger partial charge in [0.05, 0.1) is 0 Å². The fourth-order valence-electron chi connectivity index (χ4n) is 2.01. The van der Waals surface area contributed by atoms with Crippen molar-refractivity contribution in [3.8, 4) is 11.5 Å². The molecule has 2 rings (SSSR count). The number of hydrogen-bond acceptors (Lipinski definition) is 3. The number of ketones is 1. The molecule has 1 aliphatic heterocycles. The number of benzene rings is 1. The summed E-state index contributed by atoms with van der Waals surface area (Å²) in [4.78, 5) is 11.3. The summed E-state index contributed by atoms with van der Waals surface area (Å²) in [5.74, 6) is 1.47. The first-order valence-electron chi connectivity index (χ1n) is 6.17. The van der Waals surface area contributed by atoms with Crippen LogP contribution in [-0.4, -0.2) is 19.0 Å². The maximum absolute atomic E-state index is 11.3. The predicted molar refractivity (Wildman–Crippen MR) is 65.8 cm³/mol. The van der Waals surface area contributed by atoms with Gasteiger partial charge in [0, 0.05) is 0 Å². The first-order chi connectivity index (χ1) is 8.24. The van der Waals surface area contributed by atoms with Gasteiger partial charge in [-0.25, -0.2) is 0 Å². The fourth-order valence-corrected chi connectivity index (χ4v) is 2.01. The van der Waals surface area contributed by atoms with Crippen molar-refractivity contribution in [2.24, 2.45) is 0 Å². The molecule has 0 unspecified atom stereocenters. The average molecular weight is 234 g/mol. The maximum Gasteiger partial charge on any atom is 0.207 e. The second kappa shape index (κ2) is 5.21. The van der Waals surface area contributed by atoms with Crippen LogP contribution in [0.15, 0.2) is 12.1 Å². The van der Waals surface area contributed by atoms with Crippen LogP contribution in [-0.2, 0) is 17.6 Å². The Morgan fingerprint density at radius 2 is 1.94 bits per heavy atom. The number of hydrogen-bond donors (Lipinski definition) is 0. The second-order valence-electron chi connectivity index (χ2n) is 4.30. The number of fused-ring (bicyclic) bond motifs is 1. The number of carbonyl (C=O) groups is 1. The van der Waals surface area contributed by atoms with E-state index in [2.05, 4.69) is 19.9 Å². The molecule has 0 saturated carbocycles. The molecule has 3 heteroatoms. The van der Waals surface area contributed by atoms with E-state index < -0.39 is 0 Å². The molecule has 0 aromatic heterocycles. The van der Waals surface area contributed by atoms with E-state index in [1.165, 1.54) is 5.56 Å². The summed E-state index contributed by atoms with van der Waals surface area (Å²) in [7, 11) is 0. The van der Waals surface area contributed by atoms with Crippen LogP contribution in [0.25, 0.3) is 0 Å². The minimum Gasteiger partial charge on any atom is -0.482 e. The third-order valence-electron chi connectivity index (χ3n) is 2.89. The molecule has 0 atom stereocenters. The summed E-state index contributed by atoms with van der Waals surface area (Å²) in [5.41, 5.74) is 2.38. The minimum absolute atomic E-state index is 0.0123. The van der Waals surface area contributed by atoms with Crippen molar-refractivity contribution in [3.05, 3.63) is 23.3 Å². The SMILES string of the molecule is CCCc1cc(CC)cc2c1OCC(=O)CO2. The molecule has 0 saturated heterocycles. The zero-order valence-corrected chi connectivity index (χ0v) is 10.4. The molecule has 1 aliphatic rings. The maximum atomic E-state index is 11.3. The molecule has 0 aliphatic carbocycles. The summed E-state index contributed by atoms with van der Waals surface area (Å²) >= 11 is 0. The van der Waals surface area contributed by atoms with E-state index in [-0.39, 0.29) is 19.0 Å². The normalized spacial score (nSPS) is 14.6. The number of aryl methyl sites for hydroxylation is 2. The highest BCUT2D eigenvalue weighted by atomic mass is 16.5. The lowest BCUT2D eigenvalue weighted by Crippen LogP contribution is -2.15. The predicted octanol–water partition coefficient (Wildman–Crippen LogP) is 2.54. The van der Waals surface area contributed by atoms with Crippen LogP contribution in [0, 0.1) is 0 Å². The summed E-state index contributed by atoms with van der Waals surface area (Å²) in [6.45, 7) is 4.48. The lowest BCUT2D eigenvalue weighted by molar-refractivity contribution is -0.122. The smallest absolute Gasteiger partial charge is 0.207 e. The van der Waals surface area contributed by atoms with Gasteiger partial charge in [0.15, 0.2) is 24.7 Å². The number of Topliss-reactive ketones (excluding diaryl/α,β-unsaturated/α-hetero) is 1. The van der Waals surface area contributed by atoms with E-state index in [1.54, 1.807) is 0 Å². The molecule has 1 heterocycles. The number of carbonyl (C=O) groups excluding carboxylic acids is 1. The molecule has 0 spiro atoms. The Kier molecular flexibility index (Phi) is 3.67. The molecule has 1 aromatic rings. The average Bonchev–Trinajstić information content (AvgIpc) is 2.52. The second-order valence-corrected chi connectivity index (χ2v) is 4.30. The molecular formula is C14H18O3. The number of rotatable bonds is 3. The standard InChI is InChI=1S/C14H18O3/c1-3-5-11-6-10(4-2)7-13-14(11)17-9-12(15)8-16-13/h6-7H,3-5,8-9H2,1-2H3. The Bertz CT molecular complexity index is 424. The summed E-state index contributed by atoms with van der Waals surface area (Å²) < 4.78 is 11.1. The molecule has 0 bridgehead atoms. The van der Waals surface area contributed by atoms with Crippen molar-refractivity contribution in [1.29, 1.82) is 0 Å². The molecule has 0 N–H and O–H groups in total. The van der Waals surface area contributed by atoms with Crippen LogP contribution in [0.4, 0.5) is 0 Å². The van der Waals surface area contributed by atoms with Gasteiger partial charge in [0.1, 0.15) is 0 Å². The number of ether oxygens (including phenoxy) is 2. The molecule has 0 radical (unpaired) electrons. The van der Waals surface area contributed by atoms with E-state index >= 15 is 0 Å². The van der Waals surface area contributed by atoms with Crippen molar-refractivity contribution < 1.29 is 14.3 Å². The van der Waals surface area contributed by atoms with Gasteiger partial charge in [-0.3, -0.25) is 4.79 Å². The van der Waals surface area contributed by atoms with E-state index in [9.17, 15) is 4.79 Å². The van der Waals surface area contributed by atoms with Crippen molar-refractivity contribution in [1.82, 2.24) is 0 Å². The van der Waals surface area contributed by atoms with Gasteiger partial charge in [-0.15, -0.1) is 0 Å². The topological polar surface area (TPSA) is 35.5 Å². The van der Waals surface area contributed by atoms with E-state index in [0.717, 1.165) is 36.3 Å². The largest absolute Gasteiger partial charge is 0.482 e. The van der Waals surface area contributed by atoms with Gasteiger partial charge in [-0.05, 0) is 30.0 Å². The lowest BCUT2D eigenvalue weighted by Gasteiger charge is -2.13. The highest BCUT2D eigenvalue weighted by Crippen LogP contribution is 2.35. The van der Waals surface area contributed by atoms with E-state index in [4.69, 9.17) is 9.47 Å². The zero-order valence-electron chi connectivity index (χ0n) is 10.4. The van der Waals surface area contributed by atoms with Crippen LogP contribution in [0.2, 0.25) is 0 Å². The zero-order chi connectivity index (χ0) is 12.3. The summed E-state index contributed by atoms with van der Waals surface area (Å²) in [5, 5.41) is 0. The Hall–Kier alpha value is -1.51. The first-order valence-corrected chi connectivity index (χ1v) is 6.17. The monoisotopic (exact) mass is 234 g/mol. The van der Waals surface area contributed by atoms with E-state index in [1.807, 2.05) is 6.07 Å². The molecule has 92 valence electrons. The Morgan fingerprint density at radius 3 is 2.65 bits per heavy atom. The van der Waals surface area contributed by atoms with Crippen LogP contribution in [0.5, 0.6) is 11.5 Å². The molecule has 0 fully saturated rings. The van der Waals surface area contributed by atoms with Crippen molar-refractivity contribution in [3.63, 3.8) is 0 Å². The minimum atomic E-state index is -0.0123. The molecule has 1 aromatic carbocycles. The van der Waals surface area contributed by atoms with Gasteiger partial charge in [0.2, 0.25) is 5.78 Å². The summed E-state index contributed by atoms with van der Waals surface area (Å²) in [6.07, 6.45) is 2.96. The van der Waals surface area contributed by atoms with Crippen LogP contribution in [0.3, 0.4) is 0 Å². The van der Waals surface area contributed by atoms with Gasteiger partial charge in [0.25, 0.3) is 0 Å². The summed E-state index contributed by atoms with van der Waals surface area (Å²) in [6, 6.07) is 4.13. The van der Waals surface area contributed by atoms with Crippen LogP contribution in [0.1, 0.15) is 31.4 Å². The van der Waals surface area contributed by atoms with E-state index in [0.29, 0.717) is 0 Å². The highest BCUT2D eigenvalue weighted by Gasteiger charge is 2.19. The van der Waals surface area contributed by atoms with Crippen molar-refractivity contribution in [2.45, 2.75) is 33.1 Å². The van der Waals surface area contributed by atoms with Gasteiger partial charge < -0.3 is 9.47 Å². The first kappa shape index (κ1) is 12.0. The molecule has 17 heavy (non-hydrogen) atoms. The molecular weight excluding hydrogens is 216 g/mol. The Labute approximate surface area is 102 Å². The lowest BCUT2D eigenvalue weighted by atomic mass is 10.0. The fraction of sp³-hybridized carbons (Fsp3) is 0.500. The van der Waals surface area contributed by atoms with Gasteiger partial charge >= 0.3 is 0 Å². The Balaban J connectivity index is 2.41. The third kappa shape index (κ3) is 2.60. The van der Waals surface area contributed by atoms with Crippen LogP contribution >= 0.6 is 0 Å². The highest BCUT2D eigenvalue weighted by molar-refractivity contribution is 5.82. The van der Waals surface area contributed by atoms with Gasteiger partial charge in [-0.2, -0.15) is 0 Å². The Morgan fingerprint density at radius 1 is 1.18 bits per heavy atom. The van der Waals surface area contributed by atoms with Crippen molar-refractivity contribution >= 4 is 5.78 Å². The van der Waals surface area contributed by atoms with Crippen molar-refractivity contribution in [2.75, 3.05) is 13.2 Å².